The number of hydrogen-bond acceptors (Lipinski definition) is 6. The highest BCUT2D eigenvalue weighted by molar-refractivity contribution is 7.86. The highest BCUT2D eigenvalue weighted by Gasteiger charge is 2.70. The standard InChI is InChI=1S/C12H16F3NO6S/c1-21-9(17)8-5-7(22-23(2,19)20)6-16(8)10(18)11(3-4-11)12(13,14)15/h7-8H,3-6H2,1-2H3/t7-,8?/m1/s1. The van der Waals surface area contributed by atoms with E-state index in [0.29, 0.717) is 0 Å². The molecule has 2 atom stereocenters. The van der Waals surface area contributed by atoms with Crippen LogP contribution in [0, 0.1) is 5.41 Å². The van der Waals surface area contributed by atoms with Crippen LogP contribution >= 0.6 is 0 Å². The molecule has 0 aromatic rings. The zero-order chi connectivity index (χ0) is 17.6. The van der Waals surface area contributed by atoms with Crippen molar-refractivity contribution in [3.05, 3.63) is 0 Å². The molecule has 1 amide bonds. The molecular formula is C12H16F3NO6S. The lowest BCUT2D eigenvalue weighted by molar-refractivity contribution is -0.200. The molecule has 0 aromatic heterocycles. The average molecular weight is 359 g/mol. The van der Waals surface area contributed by atoms with E-state index in [1.54, 1.807) is 0 Å². The van der Waals surface area contributed by atoms with Crippen LogP contribution in [0.25, 0.3) is 0 Å². The van der Waals surface area contributed by atoms with Crippen LogP contribution in [-0.2, 0) is 28.6 Å². The number of ether oxygens (including phenoxy) is 1. The second-order valence-electron chi connectivity index (χ2n) is 5.73. The summed E-state index contributed by atoms with van der Waals surface area (Å²) >= 11 is 0. The van der Waals surface area contributed by atoms with E-state index >= 15 is 0 Å². The molecule has 2 fully saturated rings. The minimum Gasteiger partial charge on any atom is -0.467 e. The number of esters is 1. The van der Waals surface area contributed by atoms with E-state index in [-0.39, 0.29) is 19.3 Å². The molecule has 132 valence electrons. The van der Waals surface area contributed by atoms with Crippen LogP contribution < -0.4 is 0 Å². The summed E-state index contributed by atoms with van der Waals surface area (Å²) in [5.74, 6) is -2.14. The van der Waals surface area contributed by atoms with Gasteiger partial charge in [-0.1, -0.05) is 0 Å². The number of amides is 1. The van der Waals surface area contributed by atoms with Gasteiger partial charge in [-0.3, -0.25) is 8.98 Å². The fourth-order valence-electron chi connectivity index (χ4n) is 2.72. The summed E-state index contributed by atoms with van der Waals surface area (Å²) in [4.78, 5) is 24.8. The lowest BCUT2D eigenvalue weighted by Gasteiger charge is -2.28. The van der Waals surface area contributed by atoms with E-state index in [9.17, 15) is 31.2 Å². The topological polar surface area (TPSA) is 90.0 Å². The Morgan fingerprint density at radius 1 is 1.26 bits per heavy atom. The van der Waals surface area contributed by atoms with Gasteiger partial charge >= 0.3 is 12.1 Å². The van der Waals surface area contributed by atoms with Crippen molar-refractivity contribution in [2.75, 3.05) is 19.9 Å². The van der Waals surface area contributed by atoms with Crippen LogP contribution in [0.5, 0.6) is 0 Å². The first-order valence-corrected chi connectivity index (χ1v) is 8.57. The summed E-state index contributed by atoms with van der Waals surface area (Å²) in [5, 5.41) is 0. The van der Waals surface area contributed by atoms with Crippen molar-refractivity contribution in [1.82, 2.24) is 4.90 Å². The monoisotopic (exact) mass is 359 g/mol. The van der Waals surface area contributed by atoms with Crippen LogP contribution in [0.2, 0.25) is 0 Å². The number of nitrogens with zero attached hydrogens (tertiary/aromatic N) is 1. The molecule has 2 rings (SSSR count). The number of hydrogen-bond donors (Lipinski definition) is 0. The molecule has 0 bridgehead atoms. The van der Waals surface area contributed by atoms with E-state index in [0.717, 1.165) is 18.3 Å². The number of likely N-dealkylation sites (tertiary alicyclic amines) is 1. The van der Waals surface area contributed by atoms with Crippen LogP contribution in [0.15, 0.2) is 0 Å². The zero-order valence-corrected chi connectivity index (χ0v) is 13.2. The van der Waals surface area contributed by atoms with Crippen molar-refractivity contribution in [3.63, 3.8) is 0 Å². The Hall–Kier alpha value is -1.36. The van der Waals surface area contributed by atoms with Crippen molar-refractivity contribution in [2.45, 2.75) is 37.6 Å². The molecule has 1 saturated heterocycles. The maximum absolute atomic E-state index is 13.1. The fourth-order valence-corrected chi connectivity index (χ4v) is 3.35. The van der Waals surface area contributed by atoms with E-state index in [1.165, 1.54) is 0 Å². The van der Waals surface area contributed by atoms with E-state index in [1.807, 2.05) is 0 Å². The highest BCUT2D eigenvalue weighted by Crippen LogP contribution is 2.59. The summed E-state index contributed by atoms with van der Waals surface area (Å²) in [6.45, 7) is -0.413. The van der Waals surface area contributed by atoms with Gasteiger partial charge in [-0.2, -0.15) is 21.6 Å². The predicted octanol–water partition coefficient (Wildman–Crippen LogP) is 0.448. The van der Waals surface area contributed by atoms with Gasteiger partial charge in [-0.25, -0.2) is 4.79 Å². The van der Waals surface area contributed by atoms with Gasteiger partial charge in [-0.05, 0) is 12.8 Å². The molecule has 1 aliphatic heterocycles. The molecule has 7 nitrogen and oxygen atoms in total. The zero-order valence-electron chi connectivity index (χ0n) is 12.4. The second-order valence-corrected chi connectivity index (χ2v) is 7.34. The van der Waals surface area contributed by atoms with Crippen molar-refractivity contribution in [2.24, 2.45) is 5.41 Å². The number of halogens is 3. The summed E-state index contributed by atoms with van der Waals surface area (Å²) in [7, 11) is -2.84. The van der Waals surface area contributed by atoms with Crippen LogP contribution in [0.3, 0.4) is 0 Å². The Morgan fingerprint density at radius 3 is 2.22 bits per heavy atom. The normalized spacial score (nSPS) is 26.9. The van der Waals surface area contributed by atoms with Gasteiger partial charge in [0.25, 0.3) is 10.1 Å². The minimum atomic E-state index is -4.72. The average Bonchev–Trinajstić information content (AvgIpc) is 3.12. The van der Waals surface area contributed by atoms with Gasteiger partial charge in [0.15, 0.2) is 0 Å². The van der Waals surface area contributed by atoms with Gasteiger partial charge in [-0.15, -0.1) is 0 Å². The van der Waals surface area contributed by atoms with Gasteiger partial charge in [0, 0.05) is 13.0 Å². The van der Waals surface area contributed by atoms with Gasteiger partial charge in [0.1, 0.15) is 11.5 Å². The molecular weight excluding hydrogens is 343 g/mol. The molecule has 11 heteroatoms. The highest BCUT2D eigenvalue weighted by atomic mass is 32.2. The maximum atomic E-state index is 13.1. The minimum absolute atomic E-state index is 0.237. The van der Waals surface area contributed by atoms with Crippen molar-refractivity contribution in [1.29, 1.82) is 0 Å². The molecule has 1 unspecified atom stereocenters. The van der Waals surface area contributed by atoms with Crippen LogP contribution in [0.4, 0.5) is 13.2 Å². The molecule has 0 aromatic carbocycles. The molecule has 23 heavy (non-hydrogen) atoms. The second kappa shape index (κ2) is 5.62. The number of methoxy groups -OCH3 is 1. The Kier molecular flexibility index (Phi) is 4.39. The molecule has 1 aliphatic carbocycles. The van der Waals surface area contributed by atoms with Crippen LogP contribution in [-0.4, -0.2) is 63.4 Å². The lowest BCUT2D eigenvalue weighted by Crippen LogP contribution is -2.49. The molecule has 2 aliphatic rings. The van der Waals surface area contributed by atoms with Crippen molar-refractivity contribution in [3.8, 4) is 0 Å². The van der Waals surface area contributed by atoms with E-state index < -0.39 is 52.3 Å². The Balaban J connectivity index is 2.24. The summed E-state index contributed by atoms with van der Waals surface area (Å²) in [5.41, 5.74) is -2.49. The Labute approximate surface area is 130 Å². The molecule has 1 heterocycles. The van der Waals surface area contributed by atoms with Crippen molar-refractivity contribution >= 4 is 22.0 Å². The summed E-state index contributed by atoms with van der Waals surface area (Å²) < 4.78 is 70.8. The maximum Gasteiger partial charge on any atom is 0.403 e. The van der Waals surface area contributed by atoms with Crippen LogP contribution in [0.1, 0.15) is 19.3 Å². The van der Waals surface area contributed by atoms with E-state index in [4.69, 9.17) is 4.18 Å². The largest absolute Gasteiger partial charge is 0.467 e. The predicted molar refractivity (Wildman–Crippen MR) is 69.6 cm³/mol. The molecule has 0 radical (unpaired) electrons. The lowest BCUT2D eigenvalue weighted by atomic mass is 10.0. The first-order valence-electron chi connectivity index (χ1n) is 6.75. The molecule has 0 N–H and O–H groups in total. The number of rotatable bonds is 4. The van der Waals surface area contributed by atoms with Gasteiger partial charge < -0.3 is 9.64 Å². The third kappa shape index (κ3) is 3.44. The molecule has 0 spiro atoms. The van der Waals surface area contributed by atoms with Gasteiger partial charge in [0.2, 0.25) is 5.91 Å². The smallest absolute Gasteiger partial charge is 0.403 e. The summed E-state index contributed by atoms with van der Waals surface area (Å²) in [6.07, 6.45) is -5.96. The first-order chi connectivity index (χ1) is 10.4. The first kappa shape index (κ1) is 18.0. The summed E-state index contributed by atoms with van der Waals surface area (Å²) in [6, 6.07) is -1.29. The molecule has 1 saturated carbocycles. The third-order valence-corrected chi connectivity index (χ3v) is 4.63. The third-order valence-electron chi connectivity index (χ3n) is 4.01. The van der Waals surface area contributed by atoms with E-state index in [2.05, 4.69) is 4.74 Å². The fraction of sp³-hybridized carbons (Fsp3) is 0.833. The quantitative estimate of drug-likeness (QED) is 0.535. The SMILES string of the molecule is COC(=O)C1C[C@@H](OS(C)(=O)=O)CN1C(=O)C1(C(F)(F)F)CC1. The number of carbonyl (C=O) groups excluding carboxylic acids is 2. The number of carbonyl (C=O) groups is 2. The number of alkyl halides is 3. The van der Waals surface area contributed by atoms with Gasteiger partial charge in [0.05, 0.1) is 19.5 Å². The Bertz CT molecular complexity index is 613. The van der Waals surface area contributed by atoms with Crippen molar-refractivity contribution < 1.29 is 40.1 Å². The Morgan fingerprint density at radius 2 is 1.83 bits per heavy atom.